The first-order valence-corrected chi connectivity index (χ1v) is 3.24. The number of rotatable bonds is 1. The van der Waals surface area contributed by atoms with E-state index in [0.29, 0.717) is 5.82 Å². The molecule has 0 fully saturated rings. The number of hydrogen-bond donors (Lipinski definition) is 1. The minimum Gasteiger partial charge on any atom is -0.309 e. The summed E-state index contributed by atoms with van der Waals surface area (Å²) in [6.07, 6.45) is 0. The van der Waals surface area contributed by atoms with Crippen LogP contribution in [0.1, 0.15) is 12.6 Å². The Morgan fingerprint density at radius 2 is 2.33 bits per heavy atom. The van der Waals surface area contributed by atoms with Gasteiger partial charge in [0.2, 0.25) is 5.91 Å². The maximum Gasteiger partial charge on any atom is 0.222 e. The second-order valence-corrected chi connectivity index (χ2v) is 2.10. The zero-order valence-corrected chi connectivity index (χ0v) is 6.40. The third kappa shape index (κ3) is 2.02. The molecule has 1 aromatic heterocycles. The molecule has 0 spiro atoms. The molecule has 0 bridgehead atoms. The lowest BCUT2D eigenvalue weighted by atomic mass is 10.4. The number of amides is 1. The van der Waals surface area contributed by atoms with Crippen LogP contribution in [0.5, 0.6) is 0 Å². The van der Waals surface area contributed by atoms with Gasteiger partial charge in [-0.3, -0.25) is 4.79 Å². The lowest BCUT2D eigenvalue weighted by Crippen LogP contribution is -2.08. The summed E-state index contributed by atoms with van der Waals surface area (Å²) in [6, 6.07) is 4.83. The van der Waals surface area contributed by atoms with Crippen LogP contribution in [0.2, 0.25) is 0 Å². The summed E-state index contributed by atoms with van der Waals surface area (Å²) < 4.78 is 0. The first kappa shape index (κ1) is 8.14. The minimum atomic E-state index is -0.214. The summed E-state index contributed by atoms with van der Waals surface area (Å²) in [7, 11) is 0. The third-order valence-corrected chi connectivity index (χ3v) is 1.08. The van der Waals surface area contributed by atoms with Gasteiger partial charge >= 0.3 is 0 Å². The van der Waals surface area contributed by atoms with Crippen molar-refractivity contribution in [2.24, 2.45) is 0 Å². The van der Waals surface area contributed by atoms with Gasteiger partial charge in [-0.2, -0.15) is 5.26 Å². The Morgan fingerprint density at radius 3 is 2.75 bits per heavy atom. The molecule has 0 aromatic carbocycles. The first-order chi connectivity index (χ1) is 5.72. The molecular formula is C7H6N4O. The van der Waals surface area contributed by atoms with E-state index >= 15 is 0 Å². The molecule has 0 saturated heterocycles. The molecule has 0 saturated carbocycles. The number of carbonyl (C=O) groups excluding carboxylic acids is 1. The highest BCUT2D eigenvalue weighted by atomic mass is 16.1. The number of aromatic nitrogens is 2. The molecule has 5 nitrogen and oxygen atoms in total. The average molecular weight is 162 g/mol. The smallest absolute Gasteiger partial charge is 0.222 e. The van der Waals surface area contributed by atoms with Crippen LogP contribution in [0.15, 0.2) is 12.1 Å². The Balaban J connectivity index is 2.80. The van der Waals surface area contributed by atoms with Gasteiger partial charge in [-0.25, -0.2) is 0 Å². The predicted octanol–water partition coefficient (Wildman–Crippen LogP) is 0.307. The summed E-state index contributed by atoms with van der Waals surface area (Å²) in [5, 5.41) is 17.9. The fourth-order valence-electron chi connectivity index (χ4n) is 0.639. The zero-order valence-electron chi connectivity index (χ0n) is 6.40. The average Bonchev–Trinajstić information content (AvgIpc) is 2.05. The summed E-state index contributed by atoms with van der Waals surface area (Å²) in [6.45, 7) is 1.37. The highest BCUT2D eigenvalue weighted by molar-refractivity contribution is 5.87. The maximum atomic E-state index is 10.5. The van der Waals surface area contributed by atoms with E-state index in [1.807, 2.05) is 6.07 Å². The van der Waals surface area contributed by atoms with Crippen molar-refractivity contribution in [1.82, 2.24) is 10.2 Å². The van der Waals surface area contributed by atoms with E-state index in [1.54, 1.807) is 0 Å². The van der Waals surface area contributed by atoms with Crippen molar-refractivity contribution in [3.05, 3.63) is 17.8 Å². The molecule has 1 amide bonds. The van der Waals surface area contributed by atoms with Gasteiger partial charge < -0.3 is 5.32 Å². The van der Waals surface area contributed by atoms with E-state index in [-0.39, 0.29) is 11.6 Å². The highest BCUT2D eigenvalue weighted by Gasteiger charge is 1.97. The number of hydrogen-bond acceptors (Lipinski definition) is 4. The van der Waals surface area contributed by atoms with Gasteiger partial charge in [-0.15, -0.1) is 10.2 Å². The Hall–Kier alpha value is -1.96. The van der Waals surface area contributed by atoms with E-state index in [2.05, 4.69) is 15.5 Å². The predicted molar refractivity (Wildman–Crippen MR) is 41.1 cm³/mol. The fraction of sp³-hybridized carbons (Fsp3) is 0.143. The summed E-state index contributed by atoms with van der Waals surface area (Å²) in [5.41, 5.74) is 0.226. The zero-order chi connectivity index (χ0) is 8.97. The van der Waals surface area contributed by atoms with E-state index < -0.39 is 0 Å². The van der Waals surface area contributed by atoms with Gasteiger partial charge in [0.05, 0.1) is 0 Å². The van der Waals surface area contributed by atoms with E-state index in [9.17, 15) is 4.79 Å². The van der Waals surface area contributed by atoms with E-state index in [0.717, 1.165) is 0 Å². The van der Waals surface area contributed by atoms with Gasteiger partial charge in [-0.1, -0.05) is 0 Å². The SMILES string of the molecule is CC(=O)Nc1ccc(C#N)nn1. The van der Waals surface area contributed by atoms with Crippen LogP contribution in [-0.2, 0) is 4.79 Å². The van der Waals surface area contributed by atoms with Crippen LogP contribution in [0, 0.1) is 11.3 Å². The molecule has 5 heteroatoms. The molecule has 1 aromatic rings. The number of anilines is 1. The molecule has 0 aliphatic heterocycles. The van der Waals surface area contributed by atoms with Crippen molar-refractivity contribution in [3.8, 4) is 6.07 Å². The summed E-state index contributed by atoms with van der Waals surface area (Å²) in [5.74, 6) is 0.135. The van der Waals surface area contributed by atoms with Gasteiger partial charge in [0.25, 0.3) is 0 Å². The molecule has 1 N–H and O–H groups in total. The van der Waals surface area contributed by atoms with Crippen molar-refractivity contribution >= 4 is 11.7 Å². The highest BCUT2D eigenvalue weighted by Crippen LogP contribution is 1.99. The Kier molecular flexibility index (Phi) is 2.33. The van der Waals surface area contributed by atoms with Crippen molar-refractivity contribution in [2.45, 2.75) is 6.92 Å². The quantitative estimate of drug-likeness (QED) is 0.644. The molecule has 1 heterocycles. The number of carbonyl (C=O) groups is 1. The third-order valence-electron chi connectivity index (χ3n) is 1.08. The molecule has 1 rings (SSSR count). The van der Waals surface area contributed by atoms with Crippen LogP contribution in [-0.4, -0.2) is 16.1 Å². The monoisotopic (exact) mass is 162 g/mol. The largest absolute Gasteiger partial charge is 0.309 e. The van der Waals surface area contributed by atoms with Crippen molar-refractivity contribution < 1.29 is 4.79 Å². The Bertz CT molecular complexity index is 324. The number of nitriles is 1. The fourth-order valence-corrected chi connectivity index (χ4v) is 0.639. The lowest BCUT2D eigenvalue weighted by molar-refractivity contribution is -0.114. The molecule has 0 aliphatic carbocycles. The summed E-state index contributed by atoms with van der Waals surface area (Å²) in [4.78, 5) is 10.5. The summed E-state index contributed by atoms with van der Waals surface area (Å²) >= 11 is 0. The Morgan fingerprint density at radius 1 is 1.58 bits per heavy atom. The van der Waals surface area contributed by atoms with Crippen molar-refractivity contribution in [2.75, 3.05) is 5.32 Å². The number of nitrogens with one attached hydrogen (secondary N) is 1. The molecule has 0 aliphatic rings. The maximum absolute atomic E-state index is 10.5. The second-order valence-electron chi connectivity index (χ2n) is 2.10. The van der Waals surface area contributed by atoms with Crippen LogP contribution in [0.4, 0.5) is 5.82 Å². The standard InChI is InChI=1S/C7H6N4O/c1-5(12)9-7-3-2-6(4-8)10-11-7/h2-3H,1H3,(H,9,11,12). The molecule has 0 atom stereocenters. The molecule has 0 unspecified atom stereocenters. The lowest BCUT2D eigenvalue weighted by Gasteiger charge is -1.97. The van der Waals surface area contributed by atoms with Crippen LogP contribution in [0.25, 0.3) is 0 Å². The molecule has 0 radical (unpaired) electrons. The van der Waals surface area contributed by atoms with E-state index in [4.69, 9.17) is 5.26 Å². The Labute approximate surface area is 69.0 Å². The van der Waals surface area contributed by atoms with Crippen molar-refractivity contribution in [3.63, 3.8) is 0 Å². The normalized spacial score (nSPS) is 8.67. The van der Waals surface area contributed by atoms with Crippen LogP contribution in [0.3, 0.4) is 0 Å². The van der Waals surface area contributed by atoms with Gasteiger partial charge in [0, 0.05) is 6.92 Å². The van der Waals surface area contributed by atoms with Crippen LogP contribution < -0.4 is 5.32 Å². The first-order valence-electron chi connectivity index (χ1n) is 3.24. The topological polar surface area (TPSA) is 78.7 Å². The molecular weight excluding hydrogens is 156 g/mol. The number of nitrogens with zero attached hydrogens (tertiary/aromatic N) is 3. The molecule has 12 heavy (non-hydrogen) atoms. The van der Waals surface area contributed by atoms with Gasteiger partial charge in [0.1, 0.15) is 6.07 Å². The van der Waals surface area contributed by atoms with Gasteiger partial charge in [0.15, 0.2) is 11.5 Å². The molecule has 60 valence electrons. The second kappa shape index (κ2) is 3.44. The van der Waals surface area contributed by atoms with Crippen LogP contribution >= 0.6 is 0 Å². The minimum absolute atomic E-state index is 0.214. The van der Waals surface area contributed by atoms with E-state index in [1.165, 1.54) is 19.1 Å². The van der Waals surface area contributed by atoms with Crippen molar-refractivity contribution in [1.29, 1.82) is 5.26 Å². The van der Waals surface area contributed by atoms with Gasteiger partial charge in [-0.05, 0) is 12.1 Å².